The first-order valence-electron chi connectivity index (χ1n) is 8.50. The quantitative estimate of drug-likeness (QED) is 0.602. The molecule has 2 atom stereocenters. The van der Waals surface area contributed by atoms with Crippen molar-refractivity contribution in [3.63, 3.8) is 0 Å². The Balaban J connectivity index is 1.64. The fourth-order valence-electron chi connectivity index (χ4n) is 3.45. The predicted molar refractivity (Wildman–Crippen MR) is 98.7 cm³/mol. The molecule has 0 aliphatic carbocycles. The third-order valence-electron chi connectivity index (χ3n) is 4.69. The van der Waals surface area contributed by atoms with E-state index in [4.69, 9.17) is 0 Å². The van der Waals surface area contributed by atoms with Gasteiger partial charge in [-0.15, -0.1) is 20.5 Å². The molecule has 0 aromatic heterocycles. The SMILES string of the molecule is CSc1ccccc1NC(=O)[C@H]1C(=O)NC[C@@H]1c1cccc2c1OC(F)(F)O2. The lowest BCUT2D eigenvalue weighted by atomic mass is 9.87. The van der Waals surface area contributed by atoms with E-state index in [0.29, 0.717) is 11.3 Å². The molecule has 2 aromatic carbocycles. The number of nitrogens with one attached hydrogen (secondary N) is 2. The molecule has 1 saturated heterocycles. The van der Waals surface area contributed by atoms with Crippen LogP contribution in [0.15, 0.2) is 47.4 Å². The summed E-state index contributed by atoms with van der Waals surface area (Å²) in [7, 11) is 0. The fourth-order valence-corrected chi connectivity index (χ4v) is 4.01. The summed E-state index contributed by atoms with van der Waals surface area (Å²) in [5.41, 5.74) is 0.911. The number of para-hydroxylation sites is 2. The van der Waals surface area contributed by atoms with Crippen molar-refractivity contribution in [3.05, 3.63) is 48.0 Å². The maximum absolute atomic E-state index is 13.5. The van der Waals surface area contributed by atoms with E-state index in [9.17, 15) is 18.4 Å². The number of fused-ring (bicyclic) bond motifs is 1. The van der Waals surface area contributed by atoms with Crippen molar-refractivity contribution in [1.82, 2.24) is 5.32 Å². The van der Waals surface area contributed by atoms with Gasteiger partial charge in [0.25, 0.3) is 0 Å². The van der Waals surface area contributed by atoms with Crippen molar-refractivity contribution in [2.75, 3.05) is 18.1 Å². The van der Waals surface area contributed by atoms with Gasteiger partial charge in [-0.3, -0.25) is 9.59 Å². The average molecular weight is 406 g/mol. The molecule has 146 valence electrons. The van der Waals surface area contributed by atoms with E-state index in [2.05, 4.69) is 20.1 Å². The summed E-state index contributed by atoms with van der Waals surface area (Å²) in [4.78, 5) is 26.1. The molecule has 2 aliphatic heterocycles. The number of halogens is 2. The van der Waals surface area contributed by atoms with Crippen LogP contribution in [0.25, 0.3) is 0 Å². The molecule has 9 heteroatoms. The van der Waals surface area contributed by atoms with Gasteiger partial charge in [-0.05, 0) is 24.5 Å². The number of amides is 2. The van der Waals surface area contributed by atoms with Gasteiger partial charge < -0.3 is 20.1 Å². The number of ether oxygens (including phenoxy) is 2. The highest BCUT2D eigenvalue weighted by Gasteiger charge is 2.48. The Hall–Kier alpha value is -2.81. The molecule has 0 bridgehead atoms. The number of alkyl halides is 2. The van der Waals surface area contributed by atoms with Gasteiger partial charge in [-0.25, -0.2) is 0 Å². The molecule has 2 aromatic rings. The highest BCUT2D eigenvalue weighted by molar-refractivity contribution is 7.98. The first-order chi connectivity index (χ1) is 13.4. The number of benzene rings is 2. The minimum absolute atomic E-state index is 0.117. The summed E-state index contributed by atoms with van der Waals surface area (Å²) in [6.07, 6.45) is -1.90. The standard InChI is InChI=1S/C19H16F2N2O4S/c1-28-14-8-3-2-6-12(14)23-18(25)15-11(9-22-17(15)24)10-5-4-7-13-16(10)27-19(20,21)26-13/h2-8,11,15H,9H2,1H3,(H,22,24)(H,23,25)/t11-,15-/m1/s1. The zero-order valence-electron chi connectivity index (χ0n) is 14.7. The molecule has 2 heterocycles. The molecule has 6 nitrogen and oxygen atoms in total. The molecule has 2 N–H and O–H groups in total. The topological polar surface area (TPSA) is 76.7 Å². The lowest BCUT2D eigenvalue weighted by Crippen LogP contribution is -2.32. The lowest BCUT2D eigenvalue weighted by molar-refractivity contribution is -0.287. The number of rotatable bonds is 4. The van der Waals surface area contributed by atoms with E-state index >= 15 is 0 Å². The molecule has 28 heavy (non-hydrogen) atoms. The van der Waals surface area contributed by atoms with Crippen LogP contribution in [0, 0.1) is 5.92 Å². The number of carbonyl (C=O) groups excluding carboxylic acids is 2. The Morgan fingerprint density at radius 1 is 1.21 bits per heavy atom. The number of thioether (sulfide) groups is 1. The normalized spacial score (nSPS) is 22.0. The van der Waals surface area contributed by atoms with Crippen molar-refractivity contribution in [1.29, 1.82) is 0 Å². The van der Waals surface area contributed by atoms with Gasteiger partial charge in [-0.2, -0.15) is 0 Å². The minimum atomic E-state index is -3.77. The van der Waals surface area contributed by atoms with Gasteiger partial charge in [0.05, 0.1) is 5.69 Å². The van der Waals surface area contributed by atoms with E-state index in [0.717, 1.165) is 4.90 Å². The van der Waals surface area contributed by atoms with Crippen LogP contribution in [0.3, 0.4) is 0 Å². The Morgan fingerprint density at radius 3 is 2.79 bits per heavy atom. The maximum Gasteiger partial charge on any atom is 0.586 e. The second kappa shape index (κ2) is 6.97. The van der Waals surface area contributed by atoms with E-state index in [1.807, 2.05) is 18.4 Å². The zero-order chi connectivity index (χ0) is 19.9. The van der Waals surface area contributed by atoms with Gasteiger partial charge in [-0.1, -0.05) is 24.3 Å². The third-order valence-corrected chi connectivity index (χ3v) is 5.48. The second-order valence-electron chi connectivity index (χ2n) is 6.36. The zero-order valence-corrected chi connectivity index (χ0v) is 15.5. The van der Waals surface area contributed by atoms with Crippen molar-refractivity contribution in [2.24, 2.45) is 5.92 Å². The van der Waals surface area contributed by atoms with Crippen LogP contribution in [0.4, 0.5) is 14.5 Å². The van der Waals surface area contributed by atoms with Crippen LogP contribution in [0.5, 0.6) is 11.5 Å². The number of carbonyl (C=O) groups is 2. The monoisotopic (exact) mass is 406 g/mol. The summed E-state index contributed by atoms with van der Waals surface area (Å²) < 4.78 is 36.1. The third kappa shape index (κ3) is 3.26. The Bertz CT molecular complexity index is 953. The van der Waals surface area contributed by atoms with Crippen LogP contribution >= 0.6 is 11.8 Å². The van der Waals surface area contributed by atoms with Crippen LogP contribution < -0.4 is 20.1 Å². The lowest BCUT2D eigenvalue weighted by Gasteiger charge is -2.19. The number of anilines is 1. The van der Waals surface area contributed by atoms with E-state index < -0.39 is 29.9 Å². The van der Waals surface area contributed by atoms with Crippen molar-refractivity contribution < 1.29 is 27.8 Å². The van der Waals surface area contributed by atoms with Gasteiger partial charge in [0, 0.05) is 22.9 Å². The first kappa shape index (κ1) is 18.5. The van der Waals surface area contributed by atoms with E-state index in [-0.39, 0.29) is 18.0 Å². The van der Waals surface area contributed by atoms with Gasteiger partial charge in [0.1, 0.15) is 5.92 Å². The molecule has 2 aliphatic rings. The van der Waals surface area contributed by atoms with Gasteiger partial charge in [0.15, 0.2) is 11.5 Å². The minimum Gasteiger partial charge on any atom is -0.395 e. The predicted octanol–water partition coefficient (Wildman–Crippen LogP) is 3.20. The molecule has 1 fully saturated rings. The van der Waals surface area contributed by atoms with Crippen LogP contribution in [0.1, 0.15) is 11.5 Å². The highest BCUT2D eigenvalue weighted by atomic mass is 32.2. The largest absolute Gasteiger partial charge is 0.586 e. The summed E-state index contributed by atoms with van der Waals surface area (Å²) in [6, 6.07) is 11.7. The number of hydrogen-bond donors (Lipinski definition) is 2. The van der Waals surface area contributed by atoms with E-state index in [1.165, 1.54) is 23.9 Å². The van der Waals surface area contributed by atoms with Crippen LogP contribution in [-0.2, 0) is 9.59 Å². The molecule has 0 radical (unpaired) electrons. The maximum atomic E-state index is 13.5. The van der Waals surface area contributed by atoms with Gasteiger partial charge >= 0.3 is 6.29 Å². The van der Waals surface area contributed by atoms with E-state index in [1.54, 1.807) is 18.2 Å². The first-order valence-corrected chi connectivity index (χ1v) is 9.72. The summed E-state index contributed by atoms with van der Waals surface area (Å²) in [5.74, 6) is -2.98. The fraction of sp³-hybridized carbons (Fsp3) is 0.263. The Morgan fingerprint density at radius 2 is 2.00 bits per heavy atom. The van der Waals surface area contributed by atoms with Gasteiger partial charge in [0.2, 0.25) is 11.8 Å². The van der Waals surface area contributed by atoms with Crippen molar-refractivity contribution >= 4 is 29.3 Å². The molecule has 0 spiro atoms. The molecule has 2 amide bonds. The number of hydrogen-bond acceptors (Lipinski definition) is 5. The van der Waals surface area contributed by atoms with Crippen molar-refractivity contribution in [2.45, 2.75) is 17.1 Å². The van der Waals surface area contributed by atoms with Crippen LogP contribution in [0.2, 0.25) is 0 Å². The Kier molecular flexibility index (Phi) is 4.62. The summed E-state index contributed by atoms with van der Waals surface area (Å²) in [6.45, 7) is 0.131. The highest BCUT2D eigenvalue weighted by Crippen LogP contribution is 2.47. The molecule has 4 rings (SSSR count). The Labute approximate surface area is 163 Å². The smallest absolute Gasteiger partial charge is 0.395 e. The molecule has 0 unspecified atom stereocenters. The summed E-state index contributed by atoms with van der Waals surface area (Å²) >= 11 is 1.46. The average Bonchev–Trinajstić information content (AvgIpc) is 3.19. The second-order valence-corrected chi connectivity index (χ2v) is 7.21. The molecular formula is C19H16F2N2O4S. The van der Waals surface area contributed by atoms with Crippen LogP contribution in [-0.4, -0.2) is 30.9 Å². The molecule has 0 saturated carbocycles. The summed E-state index contributed by atoms with van der Waals surface area (Å²) in [5, 5.41) is 5.41. The van der Waals surface area contributed by atoms with Crippen molar-refractivity contribution in [3.8, 4) is 11.5 Å². The molecular weight excluding hydrogens is 390 g/mol.